The number of benzene rings is 3. The van der Waals surface area contributed by atoms with Gasteiger partial charge < -0.3 is 0 Å². The first-order valence-corrected chi connectivity index (χ1v) is 9.62. The number of hydrogen-bond acceptors (Lipinski definition) is 4. The van der Waals surface area contributed by atoms with E-state index in [1.165, 1.54) is 5.01 Å². The van der Waals surface area contributed by atoms with Crippen molar-refractivity contribution in [1.29, 1.82) is 0 Å². The van der Waals surface area contributed by atoms with Crippen LogP contribution in [-0.4, -0.2) is 34.5 Å². The second kappa shape index (κ2) is 7.08. The lowest BCUT2D eigenvalue weighted by atomic mass is 9.93. The molecule has 146 valence electrons. The van der Waals surface area contributed by atoms with E-state index < -0.39 is 23.8 Å². The molecule has 0 saturated carbocycles. The highest BCUT2D eigenvalue weighted by atomic mass is 16.2. The summed E-state index contributed by atoms with van der Waals surface area (Å²) in [5.74, 6) is -2.07. The Balaban J connectivity index is 1.62. The van der Waals surface area contributed by atoms with E-state index >= 15 is 0 Å². The minimum atomic E-state index is -0.999. The van der Waals surface area contributed by atoms with Crippen LogP contribution in [0.3, 0.4) is 0 Å². The molecule has 3 amide bonds. The number of anilines is 1. The third-order valence-corrected chi connectivity index (χ3v) is 5.36. The molecule has 2 unspecified atom stereocenters. The summed E-state index contributed by atoms with van der Waals surface area (Å²) in [7, 11) is 0. The van der Waals surface area contributed by atoms with Crippen LogP contribution in [0.2, 0.25) is 0 Å². The van der Waals surface area contributed by atoms with Crippen LogP contribution in [0.1, 0.15) is 15.9 Å². The second-order valence-corrected chi connectivity index (χ2v) is 7.14. The van der Waals surface area contributed by atoms with E-state index in [1.54, 1.807) is 48.5 Å². The number of hydrogen-bond donors (Lipinski definition) is 0. The van der Waals surface area contributed by atoms with Crippen molar-refractivity contribution in [3.05, 3.63) is 102 Å². The average Bonchev–Trinajstić information content (AvgIpc) is 3.32. The summed E-state index contributed by atoms with van der Waals surface area (Å²) in [6.45, 7) is 0. The summed E-state index contributed by atoms with van der Waals surface area (Å²) in [5.41, 5.74) is 2.04. The minimum absolute atomic E-state index is 0.373. The molecule has 6 nitrogen and oxygen atoms in total. The van der Waals surface area contributed by atoms with E-state index in [9.17, 15) is 14.4 Å². The van der Waals surface area contributed by atoms with Crippen LogP contribution in [0.5, 0.6) is 0 Å². The van der Waals surface area contributed by atoms with E-state index in [0.717, 1.165) is 4.90 Å². The van der Waals surface area contributed by atoms with Gasteiger partial charge in [-0.15, -0.1) is 0 Å². The molecule has 0 N–H and O–H groups in total. The normalized spacial score (nSPS) is 20.3. The molecule has 0 aromatic heterocycles. The fraction of sp³-hybridized carbons (Fsp3) is 0.0833. The first-order valence-electron chi connectivity index (χ1n) is 9.62. The molecular formula is C24H17N3O3. The van der Waals surface area contributed by atoms with Gasteiger partial charge in [0.05, 0.1) is 11.4 Å². The molecule has 6 heteroatoms. The molecule has 0 aliphatic carbocycles. The van der Waals surface area contributed by atoms with Crippen LogP contribution < -0.4 is 4.90 Å². The molecule has 5 rings (SSSR count). The fourth-order valence-corrected chi connectivity index (χ4v) is 3.97. The Kier molecular flexibility index (Phi) is 4.25. The van der Waals surface area contributed by atoms with Gasteiger partial charge >= 0.3 is 0 Å². The van der Waals surface area contributed by atoms with Crippen LogP contribution in [0.25, 0.3) is 0 Å². The highest BCUT2D eigenvalue weighted by Crippen LogP contribution is 2.37. The number of rotatable bonds is 3. The largest absolute Gasteiger partial charge is 0.274 e. The average molecular weight is 395 g/mol. The van der Waals surface area contributed by atoms with E-state index in [1.807, 2.05) is 42.5 Å². The van der Waals surface area contributed by atoms with Gasteiger partial charge in [0.25, 0.3) is 11.8 Å². The topological polar surface area (TPSA) is 70.0 Å². The zero-order chi connectivity index (χ0) is 20.7. The molecule has 0 radical (unpaired) electrons. The lowest BCUT2D eigenvalue weighted by Crippen LogP contribution is -2.42. The number of carbonyl (C=O) groups is 3. The van der Waals surface area contributed by atoms with Crippen LogP contribution in [0, 0.1) is 5.92 Å². The van der Waals surface area contributed by atoms with Gasteiger partial charge in [-0.25, -0.2) is 9.91 Å². The standard InChI is InChI=1S/C24H17N3O3/c28-22(17-12-6-2-7-13-17)27-21-19(20(25-27)16-10-4-1-5-11-16)23(29)26(24(21)30)18-14-8-3-9-15-18/h1-15,19,21H. The highest BCUT2D eigenvalue weighted by Gasteiger charge is 2.58. The third kappa shape index (κ3) is 2.73. The zero-order valence-electron chi connectivity index (χ0n) is 15.9. The smallest absolute Gasteiger partial charge is 0.273 e. The van der Waals surface area contributed by atoms with E-state index in [-0.39, 0.29) is 5.91 Å². The van der Waals surface area contributed by atoms with Gasteiger partial charge in [-0.2, -0.15) is 5.10 Å². The maximum absolute atomic E-state index is 13.4. The Bertz CT molecular complexity index is 1160. The molecular weight excluding hydrogens is 378 g/mol. The second-order valence-electron chi connectivity index (χ2n) is 7.14. The summed E-state index contributed by atoms with van der Waals surface area (Å²) < 4.78 is 0. The fourth-order valence-electron chi connectivity index (χ4n) is 3.97. The third-order valence-electron chi connectivity index (χ3n) is 5.36. The SMILES string of the molecule is O=C1C2C(c3ccccc3)=NN(C(=O)c3ccccc3)C2C(=O)N1c1ccccc1. The molecule has 3 aromatic carbocycles. The molecule has 30 heavy (non-hydrogen) atoms. The monoisotopic (exact) mass is 395 g/mol. The number of para-hydroxylation sites is 1. The Morgan fingerprint density at radius 1 is 0.733 bits per heavy atom. The number of fused-ring (bicyclic) bond motifs is 1. The number of hydrazone groups is 1. The van der Waals surface area contributed by atoms with Crippen LogP contribution in [0.15, 0.2) is 96.1 Å². The lowest BCUT2D eigenvalue weighted by Gasteiger charge is -2.20. The summed E-state index contributed by atoms with van der Waals surface area (Å²) in [4.78, 5) is 41.1. The molecule has 1 saturated heterocycles. The maximum atomic E-state index is 13.4. The van der Waals surface area contributed by atoms with Crippen molar-refractivity contribution in [3.8, 4) is 0 Å². The zero-order valence-corrected chi connectivity index (χ0v) is 15.9. The Hall–Kier alpha value is -4.06. The Morgan fingerprint density at radius 2 is 1.30 bits per heavy atom. The Morgan fingerprint density at radius 3 is 1.93 bits per heavy atom. The van der Waals surface area contributed by atoms with Crippen LogP contribution in [0.4, 0.5) is 5.69 Å². The van der Waals surface area contributed by atoms with Crippen molar-refractivity contribution in [2.24, 2.45) is 11.0 Å². The Labute approximate surface area is 173 Å². The lowest BCUT2D eigenvalue weighted by molar-refractivity contribution is -0.122. The molecule has 2 atom stereocenters. The summed E-state index contributed by atoms with van der Waals surface area (Å²) >= 11 is 0. The number of imide groups is 1. The quantitative estimate of drug-likeness (QED) is 0.640. The van der Waals surface area contributed by atoms with Gasteiger partial charge in [-0.1, -0.05) is 66.7 Å². The van der Waals surface area contributed by atoms with E-state index in [4.69, 9.17) is 0 Å². The van der Waals surface area contributed by atoms with Crippen molar-refractivity contribution in [1.82, 2.24) is 5.01 Å². The van der Waals surface area contributed by atoms with E-state index in [2.05, 4.69) is 5.10 Å². The molecule has 0 bridgehead atoms. The van der Waals surface area contributed by atoms with Crippen molar-refractivity contribution in [2.75, 3.05) is 4.90 Å². The van der Waals surface area contributed by atoms with Gasteiger partial charge in [0.15, 0.2) is 6.04 Å². The first kappa shape index (κ1) is 18.0. The minimum Gasteiger partial charge on any atom is -0.273 e. The van der Waals surface area contributed by atoms with Gasteiger partial charge in [-0.05, 0) is 29.8 Å². The van der Waals surface area contributed by atoms with E-state index in [0.29, 0.717) is 22.5 Å². The van der Waals surface area contributed by atoms with Crippen LogP contribution >= 0.6 is 0 Å². The van der Waals surface area contributed by atoms with Crippen molar-refractivity contribution in [2.45, 2.75) is 6.04 Å². The predicted octanol–water partition coefficient (Wildman–Crippen LogP) is 3.10. The number of carbonyl (C=O) groups excluding carboxylic acids is 3. The molecule has 2 aliphatic heterocycles. The summed E-state index contributed by atoms with van der Waals surface area (Å²) in [6.07, 6.45) is 0. The summed E-state index contributed by atoms with van der Waals surface area (Å²) in [5, 5.41) is 5.65. The van der Waals surface area contributed by atoms with Crippen molar-refractivity contribution >= 4 is 29.1 Å². The van der Waals surface area contributed by atoms with Gasteiger partial charge in [0, 0.05) is 5.56 Å². The molecule has 1 fully saturated rings. The predicted molar refractivity (Wildman–Crippen MR) is 112 cm³/mol. The highest BCUT2D eigenvalue weighted by molar-refractivity contribution is 6.33. The molecule has 2 aliphatic rings. The van der Waals surface area contributed by atoms with Crippen LogP contribution in [-0.2, 0) is 9.59 Å². The number of amides is 3. The summed E-state index contributed by atoms with van der Waals surface area (Å²) in [6, 6.07) is 25.6. The molecule has 2 heterocycles. The van der Waals surface area contributed by atoms with Gasteiger partial charge in [0.1, 0.15) is 5.92 Å². The maximum Gasteiger partial charge on any atom is 0.274 e. The van der Waals surface area contributed by atoms with Gasteiger partial charge in [-0.3, -0.25) is 14.4 Å². The first-order chi connectivity index (χ1) is 14.7. The van der Waals surface area contributed by atoms with Crippen molar-refractivity contribution in [3.63, 3.8) is 0 Å². The molecule has 0 spiro atoms. The van der Waals surface area contributed by atoms with Crippen molar-refractivity contribution < 1.29 is 14.4 Å². The molecule has 3 aromatic rings. The number of nitrogens with zero attached hydrogens (tertiary/aromatic N) is 3. The van der Waals surface area contributed by atoms with Gasteiger partial charge in [0.2, 0.25) is 5.91 Å².